The van der Waals surface area contributed by atoms with Gasteiger partial charge in [0.15, 0.2) is 9.84 Å². The van der Waals surface area contributed by atoms with Gasteiger partial charge in [-0.25, -0.2) is 12.8 Å². The molecule has 0 radical (unpaired) electrons. The second-order valence-corrected chi connectivity index (χ2v) is 12.2. The highest BCUT2D eigenvalue weighted by atomic mass is 32.2. The predicted octanol–water partition coefficient (Wildman–Crippen LogP) is 3.08. The number of fused-ring (bicyclic) bond motifs is 1. The van der Waals surface area contributed by atoms with Gasteiger partial charge in [0.25, 0.3) is 0 Å². The summed E-state index contributed by atoms with van der Waals surface area (Å²) in [6.07, 6.45) is 3.35. The average Bonchev–Trinajstić information content (AvgIpc) is 2.59. The molecule has 2 aliphatic heterocycles. The number of aliphatic imine (C=N–C) groups is 1. The van der Waals surface area contributed by atoms with E-state index < -0.39 is 36.8 Å². The van der Waals surface area contributed by atoms with E-state index in [9.17, 15) is 8.42 Å². The Labute approximate surface area is 171 Å². The van der Waals surface area contributed by atoms with E-state index in [2.05, 4.69) is 4.99 Å². The molecule has 0 aromatic heterocycles. The van der Waals surface area contributed by atoms with Gasteiger partial charge in [0.2, 0.25) is 0 Å². The molecule has 1 saturated heterocycles. The fourth-order valence-electron chi connectivity index (χ4n) is 4.30. The maximum atomic E-state index is 15.1. The summed E-state index contributed by atoms with van der Waals surface area (Å²) >= 11 is 0. The molecular weight excluding hydrogens is 395 g/mol. The van der Waals surface area contributed by atoms with Crippen molar-refractivity contribution in [1.82, 2.24) is 0 Å². The summed E-state index contributed by atoms with van der Waals surface area (Å²) in [4.78, 5) is 4.63. The van der Waals surface area contributed by atoms with Crippen LogP contribution in [0.2, 0.25) is 0 Å². The fourth-order valence-corrected chi connectivity index (χ4v) is 6.73. The fraction of sp³-hybridized carbons (Fsp3) is 0.667. The summed E-state index contributed by atoms with van der Waals surface area (Å²) in [5.41, 5.74) is 4.21. The maximum Gasteiger partial charge on any atom is 0.168 e. The van der Waals surface area contributed by atoms with E-state index in [0.717, 1.165) is 19.3 Å². The van der Waals surface area contributed by atoms with Gasteiger partial charge in [0.1, 0.15) is 27.7 Å². The Hall–Kier alpha value is -1.67. The van der Waals surface area contributed by atoms with Gasteiger partial charge in [-0.05, 0) is 71.6 Å². The molecule has 0 spiro atoms. The number of benzene rings is 1. The molecule has 1 aromatic rings. The van der Waals surface area contributed by atoms with Crippen molar-refractivity contribution >= 4 is 15.7 Å². The van der Waals surface area contributed by atoms with Gasteiger partial charge in [-0.3, -0.25) is 4.99 Å². The van der Waals surface area contributed by atoms with Gasteiger partial charge >= 0.3 is 0 Å². The van der Waals surface area contributed by atoms with E-state index in [1.54, 1.807) is 26.0 Å². The third-order valence-electron chi connectivity index (χ3n) is 6.67. The van der Waals surface area contributed by atoms with Crippen LogP contribution in [0.4, 0.5) is 4.39 Å². The number of sulfone groups is 1. The second-order valence-electron chi connectivity index (χ2n) is 9.53. The molecule has 8 heteroatoms. The third-order valence-corrected chi connectivity index (χ3v) is 9.61. The molecule has 2 fully saturated rings. The van der Waals surface area contributed by atoms with E-state index in [1.165, 1.54) is 6.07 Å². The van der Waals surface area contributed by atoms with Gasteiger partial charge < -0.3 is 15.2 Å². The molecule has 29 heavy (non-hydrogen) atoms. The van der Waals surface area contributed by atoms with Crippen molar-refractivity contribution in [3.8, 4) is 5.75 Å². The second kappa shape index (κ2) is 6.41. The lowest BCUT2D eigenvalue weighted by Crippen LogP contribution is -2.66. The SMILES string of the molecule is CC1(C)C[C@@H]2[C@](c3cc(OC4CCC4)ccc3F)(CO1)N=C(N)C(C)(C)S2(=O)=O. The van der Waals surface area contributed by atoms with E-state index in [0.29, 0.717) is 5.75 Å². The van der Waals surface area contributed by atoms with Gasteiger partial charge in [0, 0.05) is 5.56 Å². The highest BCUT2D eigenvalue weighted by molar-refractivity contribution is 7.94. The van der Waals surface area contributed by atoms with Crippen molar-refractivity contribution < 1.29 is 22.3 Å². The van der Waals surface area contributed by atoms with E-state index in [4.69, 9.17) is 15.2 Å². The Balaban J connectivity index is 1.89. The normalized spacial score (nSPS) is 32.6. The summed E-state index contributed by atoms with van der Waals surface area (Å²) in [7, 11) is -3.78. The van der Waals surface area contributed by atoms with Crippen molar-refractivity contribution in [2.75, 3.05) is 6.61 Å². The highest BCUT2D eigenvalue weighted by Crippen LogP contribution is 2.50. The van der Waals surface area contributed by atoms with Crippen LogP contribution in [0, 0.1) is 5.82 Å². The standard InChI is InChI=1S/C21H29FN2O4S/c1-19(2)11-17-21(12-27-19,24-18(23)20(3,4)29(17,25)26)15-10-14(8-9-16(15)22)28-13-6-5-7-13/h8-10,13,17H,5-7,11-12H2,1-4H3,(H2,23,24)/t17-,21-/m1/s1. The summed E-state index contributed by atoms with van der Waals surface area (Å²) in [6.45, 7) is 6.73. The van der Waals surface area contributed by atoms with E-state index >= 15 is 4.39 Å². The molecule has 1 aromatic carbocycles. The molecule has 0 amide bonds. The third kappa shape index (κ3) is 3.06. The number of nitrogens with two attached hydrogens (primary N) is 1. The minimum atomic E-state index is -3.78. The Morgan fingerprint density at radius 2 is 1.93 bits per heavy atom. The Kier molecular flexibility index (Phi) is 4.55. The smallest absolute Gasteiger partial charge is 0.168 e. The first-order chi connectivity index (χ1) is 13.4. The molecule has 2 N–H and O–H groups in total. The number of rotatable bonds is 3. The minimum Gasteiger partial charge on any atom is -0.490 e. The molecule has 0 unspecified atom stereocenters. The lowest BCUT2D eigenvalue weighted by Gasteiger charge is -2.51. The molecule has 2 atom stereocenters. The molecule has 2 heterocycles. The minimum absolute atomic E-state index is 0.0261. The number of hydrogen-bond acceptors (Lipinski definition) is 6. The number of amidine groups is 1. The van der Waals surface area contributed by atoms with Crippen molar-refractivity contribution in [2.45, 2.75) is 80.6 Å². The van der Waals surface area contributed by atoms with Crippen LogP contribution in [0.3, 0.4) is 0 Å². The molecule has 4 rings (SSSR count). The lowest BCUT2D eigenvalue weighted by atomic mass is 9.79. The van der Waals surface area contributed by atoms with E-state index in [-0.39, 0.29) is 30.5 Å². The first-order valence-corrected chi connectivity index (χ1v) is 11.6. The van der Waals surface area contributed by atoms with Crippen LogP contribution in [0.15, 0.2) is 23.2 Å². The highest BCUT2D eigenvalue weighted by Gasteiger charge is 2.62. The largest absolute Gasteiger partial charge is 0.490 e. The summed E-state index contributed by atoms with van der Waals surface area (Å²) < 4.78 is 52.9. The first-order valence-electron chi connectivity index (χ1n) is 10.1. The van der Waals surface area contributed by atoms with Crippen LogP contribution in [-0.4, -0.2) is 42.6 Å². The van der Waals surface area contributed by atoms with Crippen LogP contribution in [-0.2, 0) is 20.1 Å². The van der Waals surface area contributed by atoms with Crippen LogP contribution in [0.1, 0.15) is 58.9 Å². The molecule has 1 saturated carbocycles. The first kappa shape index (κ1) is 20.6. The van der Waals surface area contributed by atoms with Crippen LogP contribution in [0.25, 0.3) is 0 Å². The van der Waals surface area contributed by atoms with E-state index in [1.807, 2.05) is 13.8 Å². The van der Waals surface area contributed by atoms with Gasteiger partial charge in [0.05, 0.1) is 23.6 Å². The molecule has 1 aliphatic carbocycles. The number of nitrogens with zero attached hydrogens (tertiary/aromatic N) is 1. The van der Waals surface area contributed by atoms with Crippen molar-refractivity contribution in [1.29, 1.82) is 0 Å². The molecule has 3 aliphatic rings. The van der Waals surface area contributed by atoms with Gasteiger partial charge in [-0.2, -0.15) is 0 Å². The zero-order valence-electron chi connectivity index (χ0n) is 17.4. The topological polar surface area (TPSA) is 91.0 Å². The Bertz CT molecular complexity index is 969. The van der Waals surface area contributed by atoms with Crippen LogP contribution < -0.4 is 10.5 Å². The predicted molar refractivity (Wildman–Crippen MR) is 109 cm³/mol. The molecular formula is C21H29FN2O4S. The van der Waals surface area contributed by atoms with Crippen LogP contribution in [0.5, 0.6) is 5.75 Å². The summed E-state index contributed by atoms with van der Waals surface area (Å²) in [5, 5.41) is -0.950. The molecule has 6 nitrogen and oxygen atoms in total. The number of ether oxygens (including phenoxy) is 2. The maximum absolute atomic E-state index is 15.1. The van der Waals surface area contributed by atoms with Crippen molar-refractivity contribution in [3.05, 3.63) is 29.6 Å². The monoisotopic (exact) mass is 424 g/mol. The summed E-state index contributed by atoms with van der Waals surface area (Å²) in [5.74, 6) is -0.0486. The van der Waals surface area contributed by atoms with Crippen molar-refractivity contribution in [2.24, 2.45) is 10.7 Å². The summed E-state index contributed by atoms with van der Waals surface area (Å²) in [6, 6.07) is 4.46. The molecule has 160 valence electrons. The Morgan fingerprint density at radius 1 is 1.24 bits per heavy atom. The number of hydrogen-bond donors (Lipinski definition) is 1. The van der Waals surface area contributed by atoms with Crippen molar-refractivity contribution in [3.63, 3.8) is 0 Å². The van der Waals surface area contributed by atoms with Gasteiger partial charge in [-0.1, -0.05) is 0 Å². The lowest BCUT2D eigenvalue weighted by molar-refractivity contribution is -0.0856. The average molecular weight is 425 g/mol. The zero-order valence-corrected chi connectivity index (χ0v) is 18.2. The molecule has 0 bridgehead atoms. The van der Waals surface area contributed by atoms with Crippen LogP contribution >= 0.6 is 0 Å². The zero-order chi connectivity index (χ0) is 21.2. The number of halogens is 1. The Morgan fingerprint density at radius 3 is 2.55 bits per heavy atom. The quantitative estimate of drug-likeness (QED) is 0.805. The van der Waals surface area contributed by atoms with Gasteiger partial charge in [-0.15, -0.1) is 0 Å².